The van der Waals surface area contributed by atoms with Gasteiger partial charge in [0.2, 0.25) is 0 Å². The first-order valence-electron chi connectivity index (χ1n) is 14.5. The van der Waals surface area contributed by atoms with Crippen LogP contribution in [0.25, 0.3) is 11.1 Å². The fourth-order valence-electron chi connectivity index (χ4n) is 5.58. The van der Waals surface area contributed by atoms with Crippen molar-refractivity contribution in [2.24, 2.45) is 5.41 Å². The Morgan fingerprint density at radius 3 is 1.94 bits per heavy atom. The second-order valence-corrected chi connectivity index (χ2v) is 10.9. The van der Waals surface area contributed by atoms with Crippen LogP contribution in [0, 0.1) is 16.7 Å². The van der Waals surface area contributed by atoms with Gasteiger partial charge in [-0.1, -0.05) is 102 Å². The smallest absolute Gasteiger partial charge is 0.131 e. The maximum absolute atomic E-state index is 9.86. The second kappa shape index (κ2) is 15.0. The zero-order valence-corrected chi connectivity index (χ0v) is 22.4. The molecule has 0 N–H and O–H groups in total. The molecule has 1 aromatic carbocycles. The average Bonchev–Trinajstić information content (AvgIpc) is 2.91. The molecule has 0 saturated heterocycles. The van der Waals surface area contributed by atoms with E-state index in [0.717, 1.165) is 43.5 Å². The minimum Gasteiger partial charge on any atom is -0.240 e. The number of nitrogens with zero attached hydrogens (tertiary/aromatic N) is 3. The minimum atomic E-state index is -0.110. The van der Waals surface area contributed by atoms with Crippen molar-refractivity contribution < 1.29 is 0 Å². The van der Waals surface area contributed by atoms with Gasteiger partial charge < -0.3 is 0 Å². The molecule has 1 fully saturated rings. The Bertz CT molecular complexity index is 871. The van der Waals surface area contributed by atoms with Crippen molar-refractivity contribution in [2.75, 3.05) is 0 Å². The topological polar surface area (TPSA) is 49.6 Å². The van der Waals surface area contributed by atoms with E-state index >= 15 is 0 Å². The Morgan fingerprint density at radius 2 is 1.34 bits per heavy atom. The Kier molecular flexibility index (Phi) is 11.8. The summed E-state index contributed by atoms with van der Waals surface area (Å²) < 4.78 is 0. The zero-order chi connectivity index (χ0) is 24.8. The van der Waals surface area contributed by atoms with E-state index in [-0.39, 0.29) is 5.41 Å². The van der Waals surface area contributed by atoms with Crippen LogP contribution >= 0.6 is 0 Å². The van der Waals surface area contributed by atoms with Crippen LogP contribution in [0.15, 0.2) is 36.7 Å². The highest BCUT2D eigenvalue weighted by Crippen LogP contribution is 2.45. The Morgan fingerprint density at radius 1 is 0.771 bits per heavy atom. The number of rotatable bonds is 15. The number of hydrogen-bond acceptors (Lipinski definition) is 3. The van der Waals surface area contributed by atoms with Crippen LogP contribution in [0.5, 0.6) is 0 Å². The quantitative estimate of drug-likeness (QED) is 0.242. The first-order valence-corrected chi connectivity index (χ1v) is 14.5. The summed E-state index contributed by atoms with van der Waals surface area (Å²) in [7, 11) is 0. The van der Waals surface area contributed by atoms with Crippen molar-refractivity contribution in [3.05, 3.63) is 48.0 Å². The standard InChI is InChI=1S/C32H47N3/c1-3-5-7-9-10-11-12-14-27-15-17-28(18-16-27)30-24-34-31(35-25-30)29-19-22-32(26-33,23-20-29)21-13-8-6-4-2/h15-18,24-25,29H,3-14,19-23H2,1-2H3. The lowest BCUT2D eigenvalue weighted by atomic mass is 9.68. The molecule has 3 nitrogen and oxygen atoms in total. The minimum absolute atomic E-state index is 0.110. The number of aromatic nitrogens is 2. The van der Waals surface area contributed by atoms with Gasteiger partial charge in [-0.25, -0.2) is 9.97 Å². The molecule has 1 saturated carbocycles. The summed E-state index contributed by atoms with van der Waals surface area (Å²) in [5.74, 6) is 1.35. The first kappa shape index (κ1) is 27.4. The molecule has 0 amide bonds. The third kappa shape index (κ3) is 8.75. The highest BCUT2D eigenvalue weighted by molar-refractivity contribution is 5.61. The Hall–Kier alpha value is -2.21. The predicted octanol–water partition coefficient (Wildman–Crippen LogP) is 9.57. The fourth-order valence-corrected chi connectivity index (χ4v) is 5.58. The molecular formula is C32H47N3. The molecule has 0 bridgehead atoms. The van der Waals surface area contributed by atoms with Gasteiger partial charge in [0, 0.05) is 23.9 Å². The summed E-state index contributed by atoms with van der Waals surface area (Å²) in [4.78, 5) is 9.52. The van der Waals surface area contributed by atoms with E-state index in [0.29, 0.717) is 5.92 Å². The molecule has 1 heterocycles. The number of unbranched alkanes of at least 4 members (excludes halogenated alkanes) is 9. The third-order valence-corrected chi connectivity index (χ3v) is 8.08. The largest absolute Gasteiger partial charge is 0.240 e. The molecule has 0 atom stereocenters. The van der Waals surface area contributed by atoms with Crippen LogP contribution in [0.1, 0.15) is 134 Å². The van der Waals surface area contributed by atoms with Gasteiger partial charge in [-0.05, 0) is 56.1 Å². The lowest BCUT2D eigenvalue weighted by Gasteiger charge is -2.34. The highest BCUT2D eigenvalue weighted by Gasteiger charge is 2.36. The molecule has 190 valence electrons. The van der Waals surface area contributed by atoms with Gasteiger partial charge >= 0.3 is 0 Å². The summed E-state index contributed by atoms with van der Waals surface area (Å²) in [5, 5.41) is 9.86. The van der Waals surface area contributed by atoms with Crippen LogP contribution in [0.4, 0.5) is 0 Å². The molecule has 0 radical (unpaired) electrons. The predicted molar refractivity (Wildman–Crippen MR) is 147 cm³/mol. The number of hydrogen-bond donors (Lipinski definition) is 0. The van der Waals surface area contributed by atoms with E-state index in [1.54, 1.807) is 0 Å². The molecule has 3 heteroatoms. The van der Waals surface area contributed by atoms with Gasteiger partial charge in [-0.3, -0.25) is 0 Å². The summed E-state index contributed by atoms with van der Waals surface area (Å²) in [5.41, 5.74) is 3.60. The summed E-state index contributed by atoms with van der Waals surface area (Å²) in [6, 6.07) is 11.7. The first-order chi connectivity index (χ1) is 17.2. The van der Waals surface area contributed by atoms with Crippen molar-refractivity contribution in [2.45, 2.75) is 129 Å². The van der Waals surface area contributed by atoms with Crippen LogP contribution in [-0.4, -0.2) is 9.97 Å². The van der Waals surface area contributed by atoms with Crippen molar-refractivity contribution in [3.63, 3.8) is 0 Å². The molecule has 2 aromatic rings. The van der Waals surface area contributed by atoms with E-state index < -0.39 is 0 Å². The SMILES string of the molecule is CCCCCCCCCc1ccc(-c2cnc(C3CCC(C#N)(CCCCCC)CC3)nc2)cc1. The molecule has 1 aliphatic carbocycles. The van der Waals surface area contributed by atoms with Crippen LogP contribution in [-0.2, 0) is 6.42 Å². The van der Waals surface area contributed by atoms with E-state index in [9.17, 15) is 5.26 Å². The van der Waals surface area contributed by atoms with Gasteiger partial charge in [-0.2, -0.15) is 5.26 Å². The molecule has 0 unspecified atom stereocenters. The van der Waals surface area contributed by atoms with Crippen molar-refractivity contribution in [1.29, 1.82) is 5.26 Å². The van der Waals surface area contributed by atoms with E-state index in [4.69, 9.17) is 9.97 Å². The Balaban J connectivity index is 1.45. The van der Waals surface area contributed by atoms with E-state index in [1.165, 1.54) is 88.2 Å². The van der Waals surface area contributed by atoms with Gasteiger partial charge in [0.25, 0.3) is 0 Å². The monoisotopic (exact) mass is 473 g/mol. The average molecular weight is 474 g/mol. The zero-order valence-electron chi connectivity index (χ0n) is 22.4. The van der Waals surface area contributed by atoms with Gasteiger partial charge in [0.05, 0.1) is 11.5 Å². The van der Waals surface area contributed by atoms with Gasteiger partial charge in [0.1, 0.15) is 5.82 Å². The lowest BCUT2D eigenvalue weighted by molar-refractivity contribution is 0.219. The normalized spacial score (nSPS) is 20.0. The highest BCUT2D eigenvalue weighted by atomic mass is 14.9. The molecular weight excluding hydrogens is 426 g/mol. The van der Waals surface area contributed by atoms with E-state index in [2.05, 4.69) is 44.2 Å². The number of nitriles is 1. The summed E-state index contributed by atoms with van der Waals surface area (Å²) in [6.45, 7) is 4.51. The maximum atomic E-state index is 9.86. The van der Waals surface area contributed by atoms with Crippen molar-refractivity contribution in [3.8, 4) is 17.2 Å². The molecule has 3 rings (SSSR count). The second-order valence-electron chi connectivity index (χ2n) is 10.9. The number of benzene rings is 1. The van der Waals surface area contributed by atoms with E-state index in [1.807, 2.05) is 12.4 Å². The van der Waals surface area contributed by atoms with Crippen molar-refractivity contribution in [1.82, 2.24) is 9.97 Å². The van der Waals surface area contributed by atoms with Gasteiger partial charge in [0.15, 0.2) is 0 Å². The molecule has 1 aliphatic rings. The fraction of sp³-hybridized carbons (Fsp3) is 0.656. The summed E-state index contributed by atoms with van der Waals surface area (Å²) >= 11 is 0. The molecule has 1 aromatic heterocycles. The number of aryl methyl sites for hydroxylation is 1. The van der Waals surface area contributed by atoms with Crippen molar-refractivity contribution >= 4 is 0 Å². The van der Waals surface area contributed by atoms with Crippen LogP contribution < -0.4 is 0 Å². The molecule has 0 spiro atoms. The Labute approximate surface area is 214 Å². The summed E-state index contributed by atoms with van der Waals surface area (Å²) in [6.07, 6.45) is 24.7. The van der Waals surface area contributed by atoms with Crippen LogP contribution in [0.2, 0.25) is 0 Å². The molecule has 35 heavy (non-hydrogen) atoms. The van der Waals surface area contributed by atoms with Gasteiger partial charge in [-0.15, -0.1) is 0 Å². The lowest BCUT2D eigenvalue weighted by Crippen LogP contribution is -2.26. The molecule has 0 aliphatic heterocycles. The van der Waals surface area contributed by atoms with Crippen LogP contribution in [0.3, 0.4) is 0 Å². The third-order valence-electron chi connectivity index (χ3n) is 8.08. The maximum Gasteiger partial charge on any atom is 0.131 e.